The molecule has 2 amide bonds. The Morgan fingerprint density at radius 1 is 0.889 bits per heavy atom. The highest BCUT2D eigenvalue weighted by Crippen LogP contribution is 2.29. The van der Waals surface area contributed by atoms with Gasteiger partial charge >= 0.3 is 11.9 Å². The van der Waals surface area contributed by atoms with Gasteiger partial charge in [0.2, 0.25) is 0 Å². The largest absolute Gasteiger partial charge is 0.478 e. The molecule has 3 aromatic rings. The Hall–Kier alpha value is -4.99. The van der Waals surface area contributed by atoms with Crippen LogP contribution in [0.5, 0.6) is 0 Å². The highest BCUT2D eigenvalue weighted by Gasteiger charge is 2.20. The number of carbonyl (C=O) groups is 4. The Morgan fingerprint density at radius 3 is 2.17 bits per heavy atom. The van der Waals surface area contributed by atoms with E-state index in [2.05, 4.69) is 15.4 Å². The number of carboxylic acids is 1. The molecule has 0 aliphatic rings. The third-order valence-corrected chi connectivity index (χ3v) is 5.27. The number of rotatable bonds is 9. The van der Waals surface area contributed by atoms with E-state index in [1.54, 1.807) is 48.5 Å². The summed E-state index contributed by atoms with van der Waals surface area (Å²) in [7, 11) is 1.24. The van der Waals surface area contributed by atoms with Crippen molar-refractivity contribution in [3.05, 3.63) is 89.0 Å². The maximum atomic E-state index is 13.1. The monoisotopic (exact) mass is 488 g/mol. The Balaban J connectivity index is 1.89. The first-order chi connectivity index (χ1) is 17.2. The Bertz CT molecular complexity index is 1330. The number of aromatic carboxylic acids is 1. The van der Waals surface area contributed by atoms with Gasteiger partial charge in [0.1, 0.15) is 5.84 Å². The molecule has 0 saturated carbocycles. The fraction of sp³-hybridized carbons (Fsp3) is 0.115. The summed E-state index contributed by atoms with van der Waals surface area (Å²) in [4.78, 5) is 48.8. The van der Waals surface area contributed by atoms with Gasteiger partial charge < -0.3 is 26.2 Å². The zero-order valence-corrected chi connectivity index (χ0v) is 19.3. The maximum Gasteiger partial charge on any atom is 0.336 e. The number of hydrogen-bond acceptors (Lipinski definition) is 6. The van der Waals surface area contributed by atoms with Crippen LogP contribution >= 0.6 is 0 Å². The predicted molar refractivity (Wildman–Crippen MR) is 133 cm³/mol. The van der Waals surface area contributed by atoms with Crippen molar-refractivity contribution < 1.29 is 29.0 Å². The van der Waals surface area contributed by atoms with Gasteiger partial charge in [-0.2, -0.15) is 0 Å². The van der Waals surface area contributed by atoms with Crippen molar-refractivity contribution in [2.45, 2.75) is 6.42 Å². The molecule has 3 aromatic carbocycles. The fourth-order valence-corrected chi connectivity index (χ4v) is 3.43. The van der Waals surface area contributed by atoms with E-state index in [0.717, 1.165) is 0 Å². The molecule has 0 aliphatic carbocycles. The first-order valence-corrected chi connectivity index (χ1v) is 10.8. The van der Waals surface area contributed by atoms with E-state index in [0.29, 0.717) is 16.8 Å². The van der Waals surface area contributed by atoms with Gasteiger partial charge in [-0.3, -0.25) is 19.8 Å². The van der Waals surface area contributed by atoms with Crippen molar-refractivity contribution in [1.82, 2.24) is 5.32 Å². The second kappa shape index (κ2) is 11.4. The van der Waals surface area contributed by atoms with Gasteiger partial charge in [0.05, 0.1) is 19.1 Å². The molecule has 0 unspecified atom stereocenters. The topological polar surface area (TPSA) is 172 Å². The molecule has 0 fully saturated rings. The zero-order chi connectivity index (χ0) is 26.2. The average Bonchev–Trinajstić information content (AvgIpc) is 2.88. The van der Waals surface area contributed by atoms with Crippen molar-refractivity contribution in [2.75, 3.05) is 19.0 Å². The molecule has 0 heterocycles. The molecule has 6 N–H and O–H groups in total. The smallest absolute Gasteiger partial charge is 0.336 e. The van der Waals surface area contributed by atoms with Gasteiger partial charge in [-0.25, -0.2) is 4.79 Å². The molecule has 10 heteroatoms. The lowest BCUT2D eigenvalue weighted by molar-refractivity contribution is -0.140. The number of anilines is 1. The van der Waals surface area contributed by atoms with Gasteiger partial charge in [0.15, 0.2) is 0 Å². The first-order valence-electron chi connectivity index (χ1n) is 10.8. The number of carbonyl (C=O) groups excluding carboxylic acids is 3. The van der Waals surface area contributed by atoms with Crippen LogP contribution in [0.25, 0.3) is 11.1 Å². The first kappa shape index (κ1) is 25.6. The number of ether oxygens (including phenoxy) is 1. The number of carboxylic acid groups (broad SMARTS) is 1. The Labute approximate surface area is 206 Å². The van der Waals surface area contributed by atoms with Crippen LogP contribution in [0.2, 0.25) is 0 Å². The normalized spacial score (nSPS) is 10.2. The number of nitrogens with one attached hydrogen (secondary N) is 3. The third-order valence-electron chi connectivity index (χ3n) is 5.27. The zero-order valence-electron chi connectivity index (χ0n) is 19.3. The quantitative estimate of drug-likeness (QED) is 0.175. The van der Waals surface area contributed by atoms with Gasteiger partial charge in [0, 0.05) is 28.9 Å². The standard InChI is InChI=1S/C26H24N4O6/c1-36-22(31)12-13-29-24(32)16-8-11-19(21(14-16)26(34)35)18-4-2-3-5-20(18)25(33)30-17-9-6-15(7-10-17)23(27)28/h2-11,14H,12-13H2,1H3,(H3,27,28)(H,29,32)(H,30,33)(H,34,35). The van der Waals surface area contributed by atoms with Crippen LogP contribution in [-0.2, 0) is 9.53 Å². The second-order valence-corrected chi connectivity index (χ2v) is 7.64. The molecule has 0 radical (unpaired) electrons. The minimum absolute atomic E-state index is 0.0217. The molecule has 36 heavy (non-hydrogen) atoms. The summed E-state index contributed by atoms with van der Waals surface area (Å²) in [5.74, 6) is -2.87. The van der Waals surface area contributed by atoms with Crippen molar-refractivity contribution in [3.63, 3.8) is 0 Å². The maximum absolute atomic E-state index is 13.1. The van der Waals surface area contributed by atoms with Crippen LogP contribution in [-0.4, -0.2) is 48.3 Å². The Morgan fingerprint density at radius 2 is 1.53 bits per heavy atom. The lowest BCUT2D eigenvalue weighted by atomic mass is 9.93. The van der Waals surface area contributed by atoms with Crippen LogP contribution < -0.4 is 16.4 Å². The minimum atomic E-state index is -1.27. The van der Waals surface area contributed by atoms with E-state index in [1.165, 1.54) is 25.3 Å². The number of benzene rings is 3. The summed E-state index contributed by atoms with van der Waals surface area (Å²) in [5.41, 5.74) is 7.21. The molecule has 0 aliphatic heterocycles. The number of hydrogen-bond donors (Lipinski definition) is 5. The number of nitrogens with two attached hydrogens (primary N) is 1. The van der Waals surface area contributed by atoms with Crippen molar-refractivity contribution in [1.29, 1.82) is 5.41 Å². The molecule has 10 nitrogen and oxygen atoms in total. The van der Waals surface area contributed by atoms with Gasteiger partial charge in [-0.15, -0.1) is 0 Å². The third kappa shape index (κ3) is 6.11. The van der Waals surface area contributed by atoms with Crippen molar-refractivity contribution >= 4 is 35.3 Å². The van der Waals surface area contributed by atoms with Crippen LogP contribution in [0.1, 0.15) is 43.1 Å². The van der Waals surface area contributed by atoms with E-state index in [1.807, 2.05) is 0 Å². The highest BCUT2D eigenvalue weighted by atomic mass is 16.5. The van der Waals surface area contributed by atoms with Gasteiger partial charge in [0.25, 0.3) is 11.8 Å². The number of nitrogen functional groups attached to an aromatic ring is 1. The van der Waals surface area contributed by atoms with Gasteiger partial charge in [-0.05, 0) is 53.6 Å². The molecular weight excluding hydrogens is 464 g/mol. The molecule has 0 bridgehead atoms. The molecule has 0 atom stereocenters. The predicted octanol–water partition coefficient (Wildman–Crippen LogP) is 2.88. The summed E-state index contributed by atoms with van der Waals surface area (Å²) in [6.45, 7) is 0.0338. The van der Waals surface area contributed by atoms with E-state index in [4.69, 9.17) is 11.1 Å². The highest BCUT2D eigenvalue weighted by molar-refractivity contribution is 6.11. The van der Waals surface area contributed by atoms with Crippen molar-refractivity contribution in [2.24, 2.45) is 5.73 Å². The minimum Gasteiger partial charge on any atom is -0.478 e. The molecule has 0 aromatic heterocycles. The lowest BCUT2D eigenvalue weighted by Gasteiger charge is -2.14. The number of methoxy groups -OCH3 is 1. The average molecular weight is 489 g/mol. The molecule has 184 valence electrons. The molecule has 3 rings (SSSR count). The van der Waals surface area contributed by atoms with Crippen molar-refractivity contribution in [3.8, 4) is 11.1 Å². The van der Waals surface area contributed by atoms with E-state index >= 15 is 0 Å². The SMILES string of the molecule is COC(=O)CCNC(=O)c1ccc(-c2ccccc2C(=O)Nc2ccc(C(=N)N)cc2)c(C(=O)O)c1. The summed E-state index contributed by atoms with van der Waals surface area (Å²) in [6.07, 6.45) is -0.0217. The second-order valence-electron chi connectivity index (χ2n) is 7.64. The molecular formula is C26H24N4O6. The summed E-state index contributed by atoms with van der Waals surface area (Å²) in [5, 5.41) is 22.6. The van der Waals surface area contributed by atoms with Crippen LogP contribution in [0.15, 0.2) is 66.7 Å². The van der Waals surface area contributed by atoms with Crippen LogP contribution in [0.4, 0.5) is 5.69 Å². The summed E-state index contributed by atoms with van der Waals surface area (Å²) < 4.78 is 4.52. The van der Waals surface area contributed by atoms with E-state index in [-0.39, 0.29) is 41.1 Å². The van der Waals surface area contributed by atoms with E-state index in [9.17, 15) is 24.3 Å². The number of amides is 2. The van der Waals surface area contributed by atoms with Gasteiger partial charge in [-0.1, -0.05) is 24.3 Å². The Kier molecular flexibility index (Phi) is 8.14. The number of amidine groups is 1. The lowest BCUT2D eigenvalue weighted by Crippen LogP contribution is -2.26. The number of esters is 1. The van der Waals surface area contributed by atoms with Crippen LogP contribution in [0.3, 0.4) is 0 Å². The molecule has 0 saturated heterocycles. The fourth-order valence-electron chi connectivity index (χ4n) is 3.43. The summed E-state index contributed by atoms with van der Waals surface area (Å²) in [6, 6.07) is 17.0. The summed E-state index contributed by atoms with van der Waals surface area (Å²) >= 11 is 0. The van der Waals surface area contributed by atoms with E-state index < -0.39 is 23.8 Å². The molecule has 0 spiro atoms. The van der Waals surface area contributed by atoms with Crippen LogP contribution in [0, 0.1) is 5.41 Å².